The van der Waals surface area contributed by atoms with Crippen molar-refractivity contribution in [2.75, 3.05) is 6.54 Å². The highest BCUT2D eigenvalue weighted by molar-refractivity contribution is 6.00. The van der Waals surface area contributed by atoms with E-state index in [1.54, 1.807) is 0 Å². The number of rotatable bonds is 2. The molecule has 0 aliphatic carbocycles. The molecule has 0 aromatic heterocycles. The summed E-state index contributed by atoms with van der Waals surface area (Å²) in [6, 6.07) is 1.64. The maximum Gasteiger partial charge on any atom is 0.183 e. The van der Waals surface area contributed by atoms with E-state index in [4.69, 9.17) is 10.8 Å². The highest BCUT2D eigenvalue weighted by Crippen LogP contribution is 2.22. The molecule has 0 aliphatic rings. The van der Waals surface area contributed by atoms with Crippen molar-refractivity contribution in [3.8, 4) is 5.75 Å². The lowest BCUT2D eigenvalue weighted by Gasteiger charge is -2.03. The van der Waals surface area contributed by atoms with Crippen LogP contribution >= 0.6 is 0 Å². The van der Waals surface area contributed by atoms with Gasteiger partial charge in [0.2, 0.25) is 0 Å². The summed E-state index contributed by atoms with van der Waals surface area (Å²) in [6.45, 7) is -0.478. The summed E-state index contributed by atoms with van der Waals surface area (Å²) < 4.78 is 25.5. The molecule has 0 aliphatic heterocycles. The zero-order chi connectivity index (χ0) is 10.0. The Kier molecular flexibility index (Phi) is 2.57. The molecule has 1 rings (SSSR count). The lowest BCUT2D eigenvalue weighted by atomic mass is 10.1. The largest absolute Gasteiger partial charge is 0.507 e. The molecule has 0 saturated heterocycles. The van der Waals surface area contributed by atoms with Crippen LogP contribution in [0.5, 0.6) is 5.75 Å². The highest BCUT2D eigenvalue weighted by atomic mass is 19.2. The number of hydrogen-bond donors (Lipinski definition) is 2. The maximum atomic E-state index is 12.9. The van der Waals surface area contributed by atoms with Crippen LogP contribution < -0.4 is 5.73 Å². The van der Waals surface area contributed by atoms with Gasteiger partial charge in [-0.25, -0.2) is 8.78 Å². The van der Waals surface area contributed by atoms with Crippen LogP contribution in [0.1, 0.15) is 10.4 Å². The second-order valence-corrected chi connectivity index (χ2v) is 2.38. The minimum atomic E-state index is -1.37. The number of aromatic hydroxyl groups is 1. The Bertz CT molecular complexity index is 352. The van der Waals surface area contributed by atoms with Crippen LogP contribution in [0, 0.1) is 11.6 Å². The van der Waals surface area contributed by atoms with Crippen molar-refractivity contribution in [1.29, 1.82) is 0 Å². The van der Waals surface area contributed by atoms with E-state index in [-0.39, 0.29) is 0 Å². The number of carbonyl (C=O) groups is 1. The number of halogens is 2. The van der Waals surface area contributed by atoms with E-state index in [2.05, 4.69) is 0 Å². The molecule has 0 fully saturated rings. The maximum absolute atomic E-state index is 12.9. The lowest BCUT2D eigenvalue weighted by molar-refractivity contribution is 0.0993. The number of benzene rings is 1. The quantitative estimate of drug-likeness (QED) is 0.673. The molecule has 0 unspecified atom stereocenters. The molecule has 3 N–H and O–H groups in total. The minimum Gasteiger partial charge on any atom is -0.507 e. The van der Waals surface area contributed by atoms with Gasteiger partial charge in [0.25, 0.3) is 0 Å². The normalized spacial score (nSPS) is 10.1. The fourth-order valence-corrected chi connectivity index (χ4v) is 0.908. The van der Waals surface area contributed by atoms with Crippen LogP contribution in [-0.2, 0) is 0 Å². The van der Waals surface area contributed by atoms with Gasteiger partial charge in [-0.1, -0.05) is 0 Å². The Morgan fingerprint density at radius 2 is 2.08 bits per heavy atom. The van der Waals surface area contributed by atoms with Crippen molar-refractivity contribution in [1.82, 2.24) is 0 Å². The summed E-state index contributed by atoms with van der Waals surface area (Å²) >= 11 is 0. The smallest absolute Gasteiger partial charge is 0.183 e. The molecular formula is C8H7F2NO2. The molecule has 1 aromatic carbocycles. The average Bonchev–Trinajstić information content (AvgIpc) is 2.12. The monoisotopic (exact) mass is 187 g/mol. The third-order valence-electron chi connectivity index (χ3n) is 1.54. The first-order chi connectivity index (χ1) is 6.07. The Morgan fingerprint density at radius 1 is 1.46 bits per heavy atom. The van der Waals surface area contributed by atoms with Gasteiger partial charge in [-0.05, 0) is 12.1 Å². The van der Waals surface area contributed by atoms with Crippen LogP contribution in [0.15, 0.2) is 12.1 Å². The Balaban J connectivity index is 3.33. The predicted octanol–water partition coefficient (Wildman–Crippen LogP) is 0.812. The van der Waals surface area contributed by atoms with E-state index in [1.807, 2.05) is 0 Å². The fraction of sp³-hybridized carbons (Fsp3) is 0.125. The van der Waals surface area contributed by atoms with E-state index in [1.165, 1.54) is 0 Å². The van der Waals surface area contributed by atoms with Gasteiger partial charge in [0.1, 0.15) is 5.75 Å². The predicted molar refractivity (Wildman–Crippen MR) is 41.4 cm³/mol. The van der Waals surface area contributed by atoms with Gasteiger partial charge in [-0.2, -0.15) is 0 Å². The van der Waals surface area contributed by atoms with Gasteiger partial charge in [0.15, 0.2) is 17.4 Å². The molecule has 0 heterocycles. The molecule has 0 saturated carbocycles. The SMILES string of the molecule is NCC(=O)c1c(O)ccc(F)c1F. The number of carbonyl (C=O) groups excluding carboxylic acids is 1. The lowest BCUT2D eigenvalue weighted by Crippen LogP contribution is -2.16. The fourth-order valence-electron chi connectivity index (χ4n) is 0.908. The molecule has 0 radical (unpaired) electrons. The van der Waals surface area contributed by atoms with E-state index in [0.29, 0.717) is 0 Å². The molecule has 13 heavy (non-hydrogen) atoms. The van der Waals surface area contributed by atoms with Gasteiger partial charge >= 0.3 is 0 Å². The van der Waals surface area contributed by atoms with Crippen LogP contribution in [0.25, 0.3) is 0 Å². The number of phenolic OH excluding ortho intramolecular Hbond substituents is 1. The van der Waals surface area contributed by atoms with E-state index < -0.39 is 35.3 Å². The topological polar surface area (TPSA) is 63.3 Å². The first kappa shape index (κ1) is 9.60. The molecule has 0 amide bonds. The molecule has 3 nitrogen and oxygen atoms in total. The molecule has 0 spiro atoms. The van der Waals surface area contributed by atoms with Crippen molar-refractivity contribution in [3.63, 3.8) is 0 Å². The second-order valence-electron chi connectivity index (χ2n) is 2.38. The van der Waals surface area contributed by atoms with Crippen LogP contribution in [0.2, 0.25) is 0 Å². The number of nitrogens with two attached hydrogens (primary N) is 1. The van der Waals surface area contributed by atoms with Gasteiger partial charge in [0.05, 0.1) is 12.1 Å². The van der Waals surface area contributed by atoms with Crippen LogP contribution in [-0.4, -0.2) is 17.4 Å². The third kappa shape index (κ3) is 1.65. The van der Waals surface area contributed by atoms with Crippen molar-refractivity contribution in [3.05, 3.63) is 29.3 Å². The average molecular weight is 187 g/mol. The Morgan fingerprint density at radius 3 is 2.62 bits per heavy atom. The molecule has 0 atom stereocenters. The summed E-state index contributed by atoms with van der Waals surface area (Å²) in [5.41, 5.74) is 4.25. The van der Waals surface area contributed by atoms with Crippen molar-refractivity contribution >= 4 is 5.78 Å². The second kappa shape index (κ2) is 3.49. The third-order valence-corrected chi connectivity index (χ3v) is 1.54. The van der Waals surface area contributed by atoms with E-state index in [9.17, 15) is 13.6 Å². The molecule has 5 heteroatoms. The zero-order valence-corrected chi connectivity index (χ0v) is 6.55. The Labute approximate surface area is 72.8 Å². The number of ketones is 1. The molecule has 1 aromatic rings. The van der Waals surface area contributed by atoms with Crippen molar-refractivity contribution in [2.24, 2.45) is 5.73 Å². The van der Waals surface area contributed by atoms with Gasteiger partial charge in [0, 0.05) is 0 Å². The highest BCUT2D eigenvalue weighted by Gasteiger charge is 2.18. The summed E-state index contributed by atoms with van der Waals surface area (Å²) in [6.07, 6.45) is 0. The summed E-state index contributed by atoms with van der Waals surface area (Å²) in [5, 5.41) is 9.03. The van der Waals surface area contributed by atoms with E-state index in [0.717, 1.165) is 12.1 Å². The van der Waals surface area contributed by atoms with Crippen LogP contribution in [0.3, 0.4) is 0 Å². The summed E-state index contributed by atoms with van der Waals surface area (Å²) in [5.74, 6) is -3.99. The Hall–Kier alpha value is -1.49. The molecular weight excluding hydrogens is 180 g/mol. The number of Topliss-reactive ketones (excluding diaryl/α,β-unsaturated/α-hetero) is 1. The number of phenols is 1. The zero-order valence-electron chi connectivity index (χ0n) is 6.55. The first-order valence-electron chi connectivity index (χ1n) is 3.48. The molecule has 70 valence electrons. The first-order valence-corrected chi connectivity index (χ1v) is 3.48. The van der Waals surface area contributed by atoms with Gasteiger partial charge in [-0.15, -0.1) is 0 Å². The summed E-state index contributed by atoms with van der Waals surface area (Å²) in [7, 11) is 0. The van der Waals surface area contributed by atoms with Crippen molar-refractivity contribution < 1.29 is 18.7 Å². The molecule has 0 bridgehead atoms. The number of hydrogen-bond acceptors (Lipinski definition) is 3. The van der Waals surface area contributed by atoms with Gasteiger partial charge < -0.3 is 10.8 Å². The van der Waals surface area contributed by atoms with Crippen LogP contribution in [0.4, 0.5) is 8.78 Å². The standard InChI is InChI=1S/C8H7F2NO2/c9-4-1-2-5(12)7(8(4)10)6(13)3-11/h1-2,12H,3,11H2. The summed E-state index contributed by atoms with van der Waals surface area (Å²) in [4.78, 5) is 10.9. The van der Waals surface area contributed by atoms with E-state index >= 15 is 0 Å². The van der Waals surface area contributed by atoms with Crippen molar-refractivity contribution in [2.45, 2.75) is 0 Å². The van der Waals surface area contributed by atoms with Gasteiger partial charge in [-0.3, -0.25) is 4.79 Å². The minimum absolute atomic E-state index is 0.478.